The molecule has 1 amide bonds. The summed E-state index contributed by atoms with van der Waals surface area (Å²) in [5.74, 6) is 0.941. The Morgan fingerprint density at radius 1 is 1.44 bits per heavy atom. The molecule has 0 aliphatic heterocycles. The van der Waals surface area contributed by atoms with E-state index in [1.807, 2.05) is 0 Å². The Morgan fingerprint density at radius 3 is 2.56 bits per heavy atom. The van der Waals surface area contributed by atoms with Crippen LogP contribution in [-0.2, 0) is 11.0 Å². The lowest BCUT2D eigenvalue weighted by Gasteiger charge is -2.10. The summed E-state index contributed by atoms with van der Waals surface area (Å²) in [6.45, 7) is 0. The van der Waals surface area contributed by atoms with Crippen molar-refractivity contribution in [3.8, 4) is 12.3 Å². The SMILES string of the molecule is C#CC(=O)Nc1cc(C(F)(F)F)ccc1Br. The summed E-state index contributed by atoms with van der Waals surface area (Å²) in [5.41, 5.74) is -0.874. The number of carbonyl (C=O) groups excluding carboxylic acids is 1. The van der Waals surface area contributed by atoms with Crippen molar-refractivity contribution in [2.75, 3.05) is 5.32 Å². The Labute approximate surface area is 98.0 Å². The number of terminal acetylenes is 1. The van der Waals surface area contributed by atoms with Gasteiger partial charge in [-0.25, -0.2) is 0 Å². The van der Waals surface area contributed by atoms with Gasteiger partial charge in [0, 0.05) is 4.47 Å². The molecule has 0 aliphatic rings. The van der Waals surface area contributed by atoms with Crippen LogP contribution in [0.3, 0.4) is 0 Å². The van der Waals surface area contributed by atoms with Gasteiger partial charge in [-0.05, 0) is 40.0 Å². The normalized spacial score (nSPS) is 10.7. The van der Waals surface area contributed by atoms with E-state index < -0.39 is 17.6 Å². The average Bonchev–Trinajstić information content (AvgIpc) is 2.19. The highest BCUT2D eigenvalue weighted by Crippen LogP contribution is 2.33. The Kier molecular flexibility index (Phi) is 3.60. The molecule has 0 saturated carbocycles. The second kappa shape index (κ2) is 4.58. The van der Waals surface area contributed by atoms with Gasteiger partial charge in [0.05, 0.1) is 11.3 Å². The minimum Gasteiger partial charge on any atom is -0.314 e. The van der Waals surface area contributed by atoms with Crippen molar-refractivity contribution in [1.82, 2.24) is 0 Å². The van der Waals surface area contributed by atoms with Gasteiger partial charge in [0.15, 0.2) is 0 Å². The summed E-state index contributed by atoms with van der Waals surface area (Å²) in [4.78, 5) is 10.8. The van der Waals surface area contributed by atoms with Crippen molar-refractivity contribution >= 4 is 27.5 Å². The van der Waals surface area contributed by atoms with Gasteiger partial charge in [0.1, 0.15) is 0 Å². The summed E-state index contributed by atoms with van der Waals surface area (Å²) in [5, 5.41) is 2.15. The molecule has 0 unspecified atom stereocenters. The van der Waals surface area contributed by atoms with Crippen LogP contribution in [0.5, 0.6) is 0 Å². The van der Waals surface area contributed by atoms with Gasteiger partial charge in [-0.2, -0.15) is 13.2 Å². The number of hydrogen-bond acceptors (Lipinski definition) is 1. The largest absolute Gasteiger partial charge is 0.416 e. The predicted molar refractivity (Wildman–Crippen MR) is 56.6 cm³/mol. The van der Waals surface area contributed by atoms with Crippen LogP contribution in [0.1, 0.15) is 5.56 Å². The van der Waals surface area contributed by atoms with Gasteiger partial charge in [0.25, 0.3) is 5.91 Å². The van der Waals surface area contributed by atoms with E-state index in [1.165, 1.54) is 6.07 Å². The fourth-order valence-corrected chi connectivity index (χ4v) is 1.30. The number of hydrogen-bond donors (Lipinski definition) is 1. The number of halogens is 4. The summed E-state index contributed by atoms with van der Waals surface area (Å²) in [7, 11) is 0. The number of amides is 1. The smallest absolute Gasteiger partial charge is 0.314 e. The van der Waals surface area contributed by atoms with Crippen LogP contribution in [0.4, 0.5) is 18.9 Å². The summed E-state index contributed by atoms with van der Waals surface area (Å²) in [6.07, 6.45) is 0.332. The third kappa shape index (κ3) is 3.00. The predicted octanol–water partition coefficient (Wildman–Crippen LogP) is 3.04. The number of anilines is 1. The number of benzene rings is 1. The zero-order valence-electron chi connectivity index (χ0n) is 7.73. The Balaban J connectivity index is 3.10. The summed E-state index contributed by atoms with van der Waals surface area (Å²) in [6, 6.07) is 2.89. The van der Waals surface area contributed by atoms with Gasteiger partial charge in [-0.15, -0.1) is 6.42 Å². The van der Waals surface area contributed by atoms with Crippen molar-refractivity contribution in [2.24, 2.45) is 0 Å². The first kappa shape index (κ1) is 12.6. The molecule has 2 nitrogen and oxygen atoms in total. The standard InChI is InChI=1S/C10H5BrF3NO/c1-2-9(16)15-8-5-6(10(12,13)14)3-4-7(8)11/h1,3-5H,(H,15,16). The average molecular weight is 292 g/mol. The molecule has 0 heterocycles. The van der Waals surface area contributed by atoms with Gasteiger partial charge in [0.2, 0.25) is 0 Å². The van der Waals surface area contributed by atoms with E-state index in [4.69, 9.17) is 6.42 Å². The first-order valence-corrected chi connectivity index (χ1v) is 4.78. The van der Waals surface area contributed by atoms with Crippen LogP contribution in [-0.4, -0.2) is 5.91 Å². The van der Waals surface area contributed by atoms with E-state index >= 15 is 0 Å². The van der Waals surface area contributed by atoms with Crippen LogP contribution in [0.15, 0.2) is 22.7 Å². The molecular weight excluding hydrogens is 287 g/mol. The molecule has 6 heteroatoms. The van der Waals surface area contributed by atoms with Crippen molar-refractivity contribution in [1.29, 1.82) is 0 Å². The minimum absolute atomic E-state index is 0.0159. The van der Waals surface area contributed by atoms with Crippen LogP contribution in [0, 0.1) is 12.3 Å². The maximum Gasteiger partial charge on any atom is 0.416 e. The number of nitrogens with one attached hydrogen (secondary N) is 1. The van der Waals surface area contributed by atoms with Crippen molar-refractivity contribution in [2.45, 2.75) is 6.18 Å². The molecule has 0 radical (unpaired) electrons. The van der Waals surface area contributed by atoms with Crippen molar-refractivity contribution in [3.05, 3.63) is 28.2 Å². The van der Waals surface area contributed by atoms with E-state index in [1.54, 1.807) is 5.92 Å². The first-order valence-electron chi connectivity index (χ1n) is 3.99. The highest BCUT2D eigenvalue weighted by Gasteiger charge is 2.30. The quantitative estimate of drug-likeness (QED) is 0.792. The topological polar surface area (TPSA) is 29.1 Å². The lowest BCUT2D eigenvalue weighted by Crippen LogP contribution is -2.11. The maximum atomic E-state index is 12.4. The van der Waals surface area contributed by atoms with Gasteiger partial charge >= 0.3 is 6.18 Å². The van der Waals surface area contributed by atoms with Gasteiger partial charge in [-0.1, -0.05) is 0 Å². The Hall–Kier alpha value is -1.48. The number of carbonyl (C=O) groups is 1. The van der Waals surface area contributed by atoms with Crippen LogP contribution >= 0.6 is 15.9 Å². The molecule has 1 aromatic carbocycles. The summed E-state index contributed by atoms with van der Waals surface area (Å²) < 4.78 is 37.4. The first-order chi connectivity index (χ1) is 7.34. The molecule has 0 aliphatic carbocycles. The van der Waals surface area contributed by atoms with Crippen LogP contribution < -0.4 is 5.32 Å². The molecule has 0 saturated heterocycles. The highest BCUT2D eigenvalue weighted by atomic mass is 79.9. The van der Waals surface area contributed by atoms with Crippen molar-refractivity contribution in [3.63, 3.8) is 0 Å². The molecule has 1 aromatic rings. The zero-order valence-corrected chi connectivity index (χ0v) is 9.32. The zero-order chi connectivity index (χ0) is 12.3. The Bertz CT molecular complexity index is 462. The van der Waals surface area contributed by atoms with Crippen LogP contribution in [0.25, 0.3) is 0 Å². The minimum atomic E-state index is -4.46. The number of alkyl halides is 3. The van der Waals surface area contributed by atoms with E-state index in [2.05, 4.69) is 21.2 Å². The van der Waals surface area contributed by atoms with Gasteiger partial charge in [-0.3, -0.25) is 4.79 Å². The second-order valence-corrected chi connectivity index (χ2v) is 3.65. The molecule has 84 valence electrons. The molecule has 0 atom stereocenters. The second-order valence-electron chi connectivity index (χ2n) is 2.79. The van der Waals surface area contributed by atoms with E-state index in [-0.39, 0.29) is 5.69 Å². The molecule has 1 rings (SSSR count). The van der Waals surface area contributed by atoms with E-state index in [0.717, 1.165) is 12.1 Å². The lowest BCUT2D eigenvalue weighted by molar-refractivity contribution is -0.137. The lowest BCUT2D eigenvalue weighted by atomic mass is 10.2. The molecular formula is C10H5BrF3NO. The fraction of sp³-hybridized carbons (Fsp3) is 0.100. The molecule has 1 N–H and O–H groups in total. The molecule has 16 heavy (non-hydrogen) atoms. The number of rotatable bonds is 1. The third-order valence-corrected chi connectivity index (χ3v) is 2.36. The Morgan fingerprint density at radius 2 is 2.06 bits per heavy atom. The van der Waals surface area contributed by atoms with E-state index in [0.29, 0.717) is 4.47 Å². The molecule has 0 aromatic heterocycles. The van der Waals surface area contributed by atoms with E-state index in [9.17, 15) is 18.0 Å². The fourth-order valence-electron chi connectivity index (χ4n) is 0.956. The molecule has 0 bridgehead atoms. The third-order valence-electron chi connectivity index (χ3n) is 1.67. The molecule has 0 spiro atoms. The monoisotopic (exact) mass is 291 g/mol. The maximum absolute atomic E-state index is 12.4. The molecule has 0 fully saturated rings. The van der Waals surface area contributed by atoms with Crippen LogP contribution in [0.2, 0.25) is 0 Å². The summed E-state index contributed by atoms with van der Waals surface area (Å²) >= 11 is 3.00. The van der Waals surface area contributed by atoms with Crippen molar-refractivity contribution < 1.29 is 18.0 Å². The van der Waals surface area contributed by atoms with Gasteiger partial charge < -0.3 is 5.32 Å². The highest BCUT2D eigenvalue weighted by molar-refractivity contribution is 9.10.